The quantitative estimate of drug-likeness (QED) is 0.276. The van der Waals surface area contributed by atoms with E-state index in [4.69, 9.17) is 18.9 Å². The van der Waals surface area contributed by atoms with Crippen LogP contribution in [0.2, 0.25) is 25.7 Å². The Labute approximate surface area is 157 Å². The van der Waals surface area contributed by atoms with Crippen LogP contribution in [-0.4, -0.2) is 52.0 Å². The molecule has 146 valence electrons. The van der Waals surface area contributed by atoms with Gasteiger partial charge >= 0.3 is 0 Å². The number of aliphatic hydroxyl groups excluding tert-OH is 1. The Hall–Kier alpha value is -1.18. The lowest BCUT2D eigenvalue weighted by molar-refractivity contribution is -0.247. The Kier molecular flexibility index (Phi) is 7.85. The largest absolute Gasteiger partial charge is 0.497 e. The van der Waals surface area contributed by atoms with E-state index in [0.717, 1.165) is 17.4 Å². The Balaban J connectivity index is 1.79. The molecule has 0 saturated heterocycles. The predicted molar refractivity (Wildman–Crippen MR) is 105 cm³/mol. The molecule has 0 amide bonds. The van der Waals surface area contributed by atoms with Crippen LogP contribution in [0.25, 0.3) is 0 Å². The number of benzene rings is 1. The number of hydrogen-bond acceptors (Lipinski definition) is 5. The minimum Gasteiger partial charge on any atom is -0.497 e. The maximum absolute atomic E-state index is 10.2. The third kappa shape index (κ3) is 5.92. The van der Waals surface area contributed by atoms with Crippen molar-refractivity contribution >= 4 is 8.07 Å². The fourth-order valence-corrected chi connectivity index (χ4v) is 3.59. The second kappa shape index (κ2) is 9.67. The molecule has 1 N–H and O–H groups in total. The van der Waals surface area contributed by atoms with Crippen LogP contribution in [0.1, 0.15) is 5.56 Å². The summed E-state index contributed by atoms with van der Waals surface area (Å²) in [5, 5.41) is 10.2. The summed E-state index contributed by atoms with van der Waals surface area (Å²) in [6, 6.07) is 8.83. The summed E-state index contributed by atoms with van der Waals surface area (Å²) in [5.41, 5.74) is 1.04. The van der Waals surface area contributed by atoms with Crippen molar-refractivity contribution in [1.29, 1.82) is 0 Å². The van der Waals surface area contributed by atoms with Crippen molar-refractivity contribution < 1.29 is 24.1 Å². The third-order valence-electron chi connectivity index (χ3n) is 4.65. The lowest BCUT2D eigenvalue weighted by Crippen LogP contribution is -2.61. The van der Waals surface area contributed by atoms with Crippen LogP contribution >= 0.6 is 0 Å². The molecule has 2 rings (SSSR count). The van der Waals surface area contributed by atoms with Gasteiger partial charge in [-0.3, -0.25) is 0 Å². The zero-order chi connectivity index (χ0) is 19.2. The van der Waals surface area contributed by atoms with Crippen LogP contribution in [0.3, 0.4) is 0 Å². The second-order valence-electron chi connectivity index (χ2n) is 7.90. The molecule has 6 heteroatoms. The molecular weight excluding hydrogens is 348 g/mol. The van der Waals surface area contributed by atoms with Gasteiger partial charge in [-0.2, -0.15) is 0 Å². The fraction of sp³-hybridized carbons (Fsp3) is 0.600. The van der Waals surface area contributed by atoms with Gasteiger partial charge in [-0.15, -0.1) is 6.58 Å². The second-order valence-corrected chi connectivity index (χ2v) is 13.5. The maximum atomic E-state index is 10.2. The van der Waals surface area contributed by atoms with Crippen LogP contribution in [0.5, 0.6) is 5.75 Å². The number of ether oxygens (including phenoxy) is 4. The van der Waals surface area contributed by atoms with Crippen molar-refractivity contribution in [3.05, 3.63) is 42.5 Å². The van der Waals surface area contributed by atoms with Gasteiger partial charge in [0.2, 0.25) is 0 Å². The van der Waals surface area contributed by atoms with Crippen molar-refractivity contribution in [2.45, 2.75) is 50.6 Å². The van der Waals surface area contributed by atoms with Crippen LogP contribution < -0.4 is 4.74 Å². The molecule has 1 aromatic carbocycles. The molecule has 0 aromatic heterocycles. The minimum atomic E-state index is -1.11. The van der Waals surface area contributed by atoms with Gasteiger partial charge in [-0.05, 0) is 23.7 Å². The molecule has 0 spiro atoms. The van der Waals surface area contributed by atoms with Crippen LogP contribution in [0, 0.1) is 5.92 Å². The molecule has 0 radical (unpaired) electrons. The smallest absolute Gasteiger partial charge is 0.147 e. The van der Waals surface area contributed by atoms with E-state index in [1.54, 1.807) is 13.2 Å². The molecule has 1 aromatic rings. The van der Waals surface area contributed by atoms with Crippen molar-refractivity contribution in [2.24, 2.45) is 5.92 Å². The fourth-order valence-electron chi connectivity index (χ4n) is 2.83. The number of hydrogen-bond donors (Lipinski definition) is 1. The molecule has 1 fully saturated rings. The molecule has 0 unspecified atom stereocenters. The van der Waals surface area contributed by atoms with Crippen molar-refractivity contribution in [1.82, 2.24) is 0 Å². The molecule has 26 heavy (non-hydrogen) atoms. The first-order valence-corrected chi connectivity index (χ1v) is 12.8. The van der Waals surface area contributed by atoms with E-state index in [2.05, 4.69) is 26.2 Å². The summed E-state index contributed by atoms with van der Waals surface area (Å²) in [6.07, 6.45) is 0.525. The zero-order valence-electron chi connectivity index (χ0n) is 16.3. The zero-order valence-corrected chi connectivity index (χ0v) is 17.3. The van der Waals surface area contributed by atoms with E-state index in [-0.39, 0.29) is 24.9 Å². The summed E-state index contributed by atoms with van der Waals surface area (Å²) in [7, 11) is 0.536. The van der Waals surface area contributed by atoms with Gasteiger partial charge in [0, 0.05) is 20.6 Å². The Morgan fingerprint density at radius 3 is 2.38 bits per heavy atom. The molecule has 1 aliphatic rings. The Morgan fingerprint density at radius 1 is 1.12 bits per heavy atom. The SMILES string of the molecule is C=C[C@H]1[C@@H](O)[C@@H](OCOCC[Si](C)(C)C)[C@@H]1OCc1ccc(OC)cc1. The van der Waals surface area contributed by atoms with Gasteiger partial charge in [0.05, 0.1) is 25.9 Å². The van der Waals surface area contributed by atoms with Gasteiger partial charge in [0.1, 0.15) is 18.6 Å². The molecule has 4 atom stereocenters. The van der Waals surface area contributed by atoms with Crippen molar-refractivity contribution in [3.8, 4) is 5.75 Å². The normalized spacial score (nSPS) is 25.6. The van der Waals surface area contributed by atoms with Crippen LogP contribution in [-0.2, 0) is 20.8 Å². The van der Waals surface area contributed by atoms with Crippen molar-refractivity contribution in [2.75, 3.05) is 20.5 Å². The topological polar surface area (TPSA) is 57.2 Å². The van der Waals surface area contributed by atoms with E-state index < -0.39 is 14.2 Å². The van der Waals surface area contributed by atoms with Gasteiger partial charge in [0.15, 0.2) is 0 Å². The Morgan fingerprint density at radius 2 is 1.81 bits per heavy atom. The highest BCUT2D eigenvalue weighted by Gasteiger charge is 2.50. The molecule has 1 saturated carbocycles. The summed E-state index contributed by atoms with van der Waals surface area (Å²) >= 11 is 0. The highest BCUT2D eigenvalue weighted by Crippen LogP contribution is 2.35. The van der Waals surface area contributed by atoms with Gasteiger partial charge in [-0.1, -0.05) is 37.8 Å². The van der Waals surface area contributed by atoms with Gasteiger partial charge < -0.3 is 24.1 Å². The highest BCUT2D eigenvalue weighted by atomic mass is 28.3. The molecule has 0 aliphatic heterocycles. The predicted octanol–water partition coefficient (Wildman–Crippen LogP) is 3.45. The first-order valence-electron chi connectivity index (χ1n) is 9.10. The average molecular weight is 381 g/mol. The highest BCUT2D eigenvalue weighted by molar-refractivity contribution is 6.76. The molecule has 0 bridgehead atoms. The molecule has 0 heterocycles. The molecule has 5 nitrogen and oxygen atoms in total. The van der Waals surface area contributed by atoms with E-state index in [1.165, 1.54) is 0 Å². The van der Waals surface area contributed by atoms with E-state index in [0.29, 0.717) is 13.2 Å². The van der Waals surface area contributed by atoms with E-state index in [9.17, 15) is 5.11 Å². The monoisotopic (exact) mass is 380 g/mol. The maximum Gasteiger partial charge on any atom is 0.147 e. The van der Waals surface area contributed by atoms with Gasteiger partial charge in [0.25, 0.3) is 0 Å². The van der Waals surface area contributed by atoms with Crippen LogP contribution in [0.15, 0.2) is 36.9 Å². The lowest BCUT2D eigenvalue weighted by Gasteiger charge is -2.46. The first kappa shape index (κ1) is 21.1. The average Bonchev–Trinajstić information content (AvgIpc) is 2.61. The minimum absolute atomic E-state index is 0.125. The standard InChI is InChI=1S/C20H32O5Si/c1-6-17-18(21)20(25-14-23-11-12-26(3,4)5)19(17)24-13-15-7-9-16(22-2)10-8-15/h6-10,17-21H,1,11-14H2,2-5H3/t17-,18+,19+,20+/m0/s1. The summed E-state index contributed by atoms with van der Waals surface area (Å²) in [4.78, 5) is 0. The summed E-state index contributed by atoms with van der Waals surface area (Å²) in [6.45, 7) is 12.0. The number of aliphatic hydroxyl groups is 1. The van der Waals surface area contributed by atoms with Gasteiger partial charge in [-0.25, -0.2) is 0 Å². The lowest BCUT2D eigenvalue weighted by atomic mass is 9.75. The molecule has 1 aliphatic carbocycles. The summed E-state index contributed by atoms with van der Waals surface area (Å²) in [5.74, 6) is 0.689. The number of rotatable bonds is 11. The van der Waals surface area contributed by atoms with Crippen molar-refractivity contribution in [3.63, 3.8) is 0 Å². The third-order valence-corrected chi connectivity index (χ3v) is 6.35. The Bertz CT molecular complexity index is 554. The number of methoxy groups -OCH3 is 1. The summed E-state index contributed by atoms with van der Waals surface area (Å²) < 4.78 is 22.4. The van der Waals surface area contributed by atoms with Crippen LogP contribution in [0.4, 0.5) is 0 Å². The first-order chi connectivity index (χ1) is 12.4. The van der Waals surface area contributed by atoms with E-state index in [1.807, 2.05) is 24.3 Å². The van der Waals surface area contributed by atoms with E-state index >= 15 is 0 Å². The molecular formula is C20H32O5Si.